The minimum Gasteiger partial charge on any atom is -0.494 e. The first-order valence-corrected chi connectivity index (χ1v) is 5.48. The SMILES string of the molecule is F[B-](F)(F)c1ccc(OCCC2CC2)cc1. The summed E-state index contributed by atoms with van der Waals surface area (Å²) >= 11 is 0. The number of ether oxygens (including phenoxy) is 1. The molecule has 16 heavy (non-hydrogen) atoms. The van der Waals surface area contributed by atoms with Crippen molar-refractivity contribution in [1.82, 2.24) is 0 Å². The van der Waals surface area contributed by atoms with E-state index in [1.807, 2.05) is 0 Å². The summed E-state index contributed by atoms with van der Waals surface area (Å²) in [6.45, 7) is -4.29. The molecular weight excluding hydrogens is 216 g/mol. The number of halogens is 3. The van der Waals surface area contributed by atoms with Crippen LogP contribution < -0.4 is 10.2 Å². The third-order valence-electron chi connectivity index (χ3n) is 2.75. The second-order valence-electron chi connectivity index (χ2n) is 4.22. The van der Waals surface area contributed by atoms with Gasteiger partial charge in [0.2, 0.25) is 0 Å². The summed E-state index contributed by atoms with van der Waals surface area (Å²) in [4.78, 5) is 0. The van der Waals surface area contributed by atoms with Crippen LogP contribution in [0.25, 0.3) is 0 Å². The van der Waals surface area contributed by atoms with Crippen LogP contribution in [0.4, 0.5) is 12.9 Å². The summed E-state index contributed by atoms with van der Waals surface area (Å²) in [7, 11) is 0. The van der Waals surface area contributed by atoms with Crippen LogP contribution in [0.5, 0.6) is 5.75 Å². The summed E-state index contributed by atoms with van der Waals surface area (Å²) < 4.78 is 42.3. The number of benzene rings is 1. The number of hydrogen-bond acceptors (Lipinski definition) is 1. The standard InChI is InChI=1S/C11H13BF3O/c13-12(14,15)10-3-5-11(6-4-10)16-8-7-9-1-2-9/h3-6,9H,1-2,7-8H2/q-1. The lowest BCUT2D eigenvalue weighted by molar-refractivity contribution is 0.302. The Morgan fingerprint density at radius 3 is 2.25 bits per heavy atom. The Balaban J connectivity index is 1.85. The Morgan fingerprint density at radius 2 is 1.75 bits per heavy atom. The topological polar surface area (TPSA) is 9.23 Å². The van der Waals surface area contributed by atoms with Gasteiger partial charge in [-0.1, -0.05) is 25.0 Å². The average Bonchev–Trinajstić information content (AvgIpc) is 3.01. The van der Waals surface area contributed by atoms with Gasteiger partial charge in [-0.25, -0.2) is 0 Å². The monoisotopic (exact) mass is 229 g/mol. The van der Waals surface area contributed by atoms with E-state index in [9.17, 15) is 12.9 Å². The Hall–Kier alpha value is -1.13. The molecule has 0 atom stereocenters. The van der Waals surface area contributed by atoms with Gasteiger partial charge in [-0.15, -0.1) is 5.46 Å². The Labute approximate surface area is 92.7 Å². The summed E-state index contributed by atoms with van der Waals surface area (Å²) in [5.41, 5.74) is -0.574. The molecule has 5 heteroatoms. The van der Waals surface area contributed by atoms with Crippen molar-refractivity contribution >= 4 is 12.4 Å². The van der Waals surface area contributed by atoms with Crippen molar-refractivity contribution in [2.24, 2.45) is 5.92 Å². The van der Waals surface area contributed by atoms with E-state index < -0.39 is 12.4 Å². The Kier molecular flexibility index (Phi) is 3.12. The highest BCUT2D eigenvalue weighted by Gasteiger charge is 2.25. The Morgan fingerprint density at radius 1 is 1.12 bits per heavy atom. The van der Waals surface area contributed by atoms with Gasteiger partial charge in [-0.05, 0) is 24.5 Å². The van der Waals surface area contributed by atoms with Crippen LogP contribution in [-0.4, -0.2) is 13.6 Å². The van der Waals surface area contributed by atoms with E-state index in [0.717, 1.165) is 24.5 Å². The Bertz CT molecular complexity index is 343. The van der Waals surface area contributed by atoms with Gasteiger partial charge >= 0.3 is 6.98 Å². The quantitative estimate of drug-likeness (QED) is 0.705. The van der Waals surface area contributed by atoms with Gasteiger partial charge in [-0.3, -0.25) is 0 Å². The molecule has 1 nitrogen and oxygen atoms in total. The fourth-order valence-corrected chi connectivity index (χ4v) is 1.53. The molecule has 0 bridgehead atoms. The van der Waals surface area contributed by atoms with Crippen LogP contribution in [0.3, 0.4) is 0 Å². The fraction of sp³-hybridized carbons (Fsp3) is 0.455. The van der Waals surface area contributed by atoms with Gasteiger partial charge in [0.15, 0.2) is 0 Å². The van der Waals surface area contributed by atoms with Crippen molar-refractivity contribution in [2.45, 2.75) is 19.3 Å². The third-order valence-corrected chi connectivity index (χ3v) is 2.75. The molecule has 1 aromatic rings. The first kappa shape index (κ1) is 11.4. The molecule has 1 aromatic carbocycles. The van der Waals surface area contributed by atoms with Gasteiger partial charge in [0, 0.05) is 0 Å². The molecule has 1 aliphatic rings. The van der Waals surface area contributed by atoms with E-state index in [0.29, 0.717) is 12.4 Å². The highest BCUT2D eigenvalue weighted by Crippen LogP contribution is 2.32. The molecule has 1 saturated carbocycles. The van der Waals surface area contributed by atoms with Crippen molar-refractivity contribution in [3.8, 4) is 5.75 Å². The average molecular weight is 229 g/mol. The number of hydrogen-bond donors (Lipinski definition) is 0. The van der Waals surface area contributed by atoms with E-state index in [2.05, 4.69) is 0 Å². The first-order valence-electron chi connectivity index (χ1n) is 5.48. The maximum Gasteiger partial charge on any atom is 0.509 e. The minimum absolute atomic E-state index is 0.518. The zero-order chi connectivity index (χ0) is 11.6. The molecule has 0 aromatic heterocycles. The van der Waals surface area contributed by atoms with Crippen LogP contribution in [-0.2, 0) is 0 Å². The van der Waals surface area contributed by atoms with E-state index in [1.165, 1.54) is 25.0 Å². The van der Waals surface area contributed by atoms with Gasteiger partial charge in [0.1, 0.15) is 5.75 Å². The van der Waals surface area contributed by atoms with E-state index in [4.69, 9.17) is 4.74 Å². The summed E-state index contributed by atoms with van der Waals surface area (Å²) in [5.74, 6) is 1.29. The highest BCUT2D eigenvalue weighted by atomic mass is 19.4. The molecule has 2 rings (SSSR count). The molecule has 0 spiro atoms. The lowest BCUT2D eigenvalue weighted by Gasteiger charge is -2.15. The van der Waals surface area contributed by atoms with E-state index in [1.54, 1.807) is 0 Å². The van der Waals surface area contributed by atoms with Crippen molar-refractivity contribution in [3.63, 3.8) is 0 Å². The first-order chi connectivity index (χ1) is 7.55. The molecule has 0 amide bonds. The molecule has 1 fully saturated rings. The molecule has 0 saturated heterocycles. The predicted molar refractivity (Wildman–Crippen MR) is 58.0 cm³/mol. The predicted octanol–water partition coefficient (Wildman–Crippen LogP) is 2.92. The zero-order valence-electron chi connectivity index (χ0n) is 8.83. The lowest BCUT2D eigenvalue weighted by Crippen LogP contribution is -2.33. The van der Waals surface area contributed by atoms with Crippen molar-refractivity contribution in [2.75, 3.05) is 6.61 Å². The van der Waals surface area contributed by atoms with Crippen molar-refractivity contribution in [1.29, 1.82) is 0 Å². The molecule has 1 aliphatic carbocycles. The maximum atomic E-state index is 12.3. The summed E-state index contributed by atoms with van der Waals surface area (Å²) in [5, 5.41) is 0. The molecule has 0 aliphatic heterocycles. The largest absolute Gasteiger partial charge is 0.509 e. The van der Waals surface area contributed by atoms with Crippen LogP contribution in [0, 0.1) is 5.92 Å². The second-order valence-corrected chi connectivity index (χ2v) is 4.22. The lowest BCUT2D eigenvalue weighted by atomic mass is 9.80. The smallest absolute Gasteiger partial charge is 0.494 e. The highest BCUT2D eigenvalue weighted by molar-refractivity contribution is 6.73. The van der Waals surface area contributed by atoms with E-state index >= 15 is 0 Å². The fourth-order valence-electron chi connectivity index (χ4n) is 1.53. The van der Waals surface area contributed by atoms with Crippen molar-refractivity contribution in [3.05, 3.63) is 24.3 Å². The minimum atomic E-state index is -4.89. The van der Waals surface area contributed by atoms with Crippen LogP contribution in [0.2, 0.25) is 0 Å². The molecule has 0 radical (unpaired) electrons. The third kappa shape index (κ3) is 3.19. The van der Waals surface area contributed by atoms with Gasteiger partial charge in [-0.2, -0.15) is 0 Å². The van der Waals surface area contributed by atoms with Crippen molar-refractivity contribution < 1.29 is 17.7 Å². The summed E-state index contributed by atoms with van der Waals surface area (Å²) in [6, 6.07) is 4.92. The normalized spacial score (nSPS) is 16.2. The van der Waals surface area contributed by atoms with Gasteiger partial charge < -0.3 is 17.7 Å². The number of rotatable bonds is 5. The van der Waals surface area contributed by atoms with Crippen LogP contribution in [0.1, 0.15) is 19.3 Å². The molecule has 0 N–H and O–H groups in total. The summed E-state index contributed by atoms with van der Waals surface area (Å²) in [6.07, 6.45) is 3.53. The maximum absolute atomic E-state index is 12.3. The van der Waals surface area contributed by atoms with Gasteiger partial charge in [0.25, 0.3) is 0 Å². The molecule has 0 unspecified atom stereocenters. The molecular formula is C11H13BF3O-. The zero-order valence-corrected chi connectivity index (χ0v) is 8.83. The molecule has 88 valence electrons. The van der Waals surface area contributed by atoms with Crippen LogP contribution in [0.15, 0.2) is 24.3 Å². The van der Waals surface area contributed by atoms with E-state index in [-0.39, 0.29) is 0 Å². The second kappa shape index (κ2) is 4.40. The van der Waals surface area contributed by atoms with Crippen LogP contribution >= 0.6 is 0 Å². The molecule has 0 heterocycles. The van der Waals surface area contributed by atoms with Gasteiger partial charge in [0.05, 0.1) is 6.61 Å².